The highest BCUT2D eigenvalue weighted by molar-refractivity contribution is 5.75. The van der Waals surface area contributed by atoms with Crippen LogP contribution in [0.4, 0.5) is 26.3 Å². The summed E-state index contributed by atoms with van der Waals surface area (Å²) in [5, 5.41) is 6.39. The van der Waals surface area contributed by atoms with Crippen molar-refractivity contribution in [3.8, 4) is 11.4 Å². The van der Waals surface area contributed by atoms with Gasteiger partial charge in [0.05, 0.1) is 24.1 Å². The van der Waals surface area contributed by atoms with Gasteiger partial charge in [0.25, 0.3) is 5.91 Å². The Labute approximate surface area is 136 Å². The van der Waals surface area contributed by atoms with Crippen LogP contribution >= 0.6 is 0 Å². The van der Waals surface area contributed by atoms with E-state index in [0.717, 1.165) is 11.0 Å². The smallest absolute Gasteiger partial charge is 0.271 e. The molecular weight excluding hydrogens is 356 g/mol. The van der Waals surface area contributed by atoms with E-state index in [1.165, 1.54) is 0 Å². The van der Waals surface area contributed by atoms with Crippen molar-refractivity contribution in [2.45, 2.75) is 25.3 Å². The van der Waals surface area contributed by atoms with Gasteiger partial charge in [-0.25, -0.2) is 10.5 Å². The van der Waals surface area contributed by atoms with Gasteiger partial charge in [-0.15, -0.1) is 5.11 Å². The fourth-order valence-electron chi connectivity index (χ4n) is 1.88. The molecular formula is C13H9F6N5O. The number of amides is 1. The highest BCUT2D eigenvalue weighted by Gasteiger charge is 2.37. The van der Waals surface area contributed by atoms with Crippen LogP contribution in [-0.2, 0) is 23.7 Å². The molecule has 25 heavy (non-hydrogen) atoms. The number of nitrogens with zero attached hydrogens (tertiary/aromatic N) is 4. The number of hydrogen-bond acceptors (Lipinski definition) is 4. The zero-order valence-corrected chi connectivity index (χ0v) is 12.2. The summed E-state index contributed by atoms with van der Waals surface area (Å²) in [6, 6.07) is 1.04. The second-order valence-corrected chi connectivity index (χ2v) is 4.88. The Kier molecular flexibility index (Phi) is 4.90. The summed E-state index contributed by atoms with van der Waals surface area (Å²) >= 11 is 0. The lowest BCUT2D eigenvalue weighted by molar-refractivity contribution is -0.143. The minimum absolute atomic E-state index is 0.00884. The van der Waals surface area contributed by atoms with Gasteiger partial charge in [-0.05, 0) is 18.2 Å². The largest absolute Gasteiger partial charge is 0.416 e. The molecule has 0 atom stereocenters. The van der Waals surface area contributed by atoms with Crippen LogP contribution in [0.15, 0.2) is 29.6 Å². The molecule has 134 valence electrons. The normalized spacial score (nSPS) is 12.2. The minimum atomic E-state index is -4.97. The van der Waals surface area contributed by atoms with Crippen LogP contribution in [0.2, 0.25) is 0 Å². The summed E-state index contributed by atoms with van der Waals surface area (Å²) in [5.74, 6) is -1.11. The Morgan fingerprint density at radius 3 is 2.12 bits per heavy atom. The van der Waals surface area contributed by atoms with Gasteiger partial charge in [-0.2, -0.15) is 31.4 Å². The van der Waals surface area contributed by atoms with Gasteiger partial charge in [0.15, 0.2) is 5.82 Å². The summed E-state index contributed by atoms with van der Waals surface area (Å²) < 4.78 is 78.0. The van der Waals surface area contributed by atoms with Crippen molar-refractivity contribution in [2.24, 2.45) is 5.11 Å². The van der Waals surface area contributed by atoms with Gasteiger partial charge < -0.3 is 0 Å². The highest BCUT2D eigenvalue weighted by Crippen LogP contribution is 2.37. The standard InChI is InChI=1S/C13H9F6N5O/c14-12(15,16)8-3-7(4-9(5-8)13(17,18)19)11-21-6-24(23-11)2-1-10(25)22-20/h3-6,20H,1-2H2. The van der Waals surface area contributed by atoms with Crippen molar-refractivity contribution in [1.82, 2.24) is 14.8 Å². The molecule has 0 aliphatic carbocycles. The van der Waals surface area contributed by atoms with Crippen LogP contribution < -0.4 is 0 Å². The quantitative estimate of drug-likeness (QED) is 0.658. The summed E-state index contributed by atoms with van der Waals surface area (Å²) in [4.78, 5) is 14.6. The van der Waals surface area contributed by atoms with Gasteiger partial charge in [0, 0.05) is 5.56 Å². The molecule has 0 aliphatic rings. The predicted molar refractivity (Wildman–Crippen MR) is 70.2 cm³/mol. The highest BCUT2D eigenvalue weighted by atomic mass is 19.4. The maximum absolute atomic E-state index is 12.8. The van der Waals surface area contributed by atoms with Crippen molar-refractivity contribution < 1.29 is 31.1 Å². The lowest BCUT2D eigenvalue weighted by atomic mass is 10.0. The number of carbonyl (C=O) groups is 1. The lowest BCUT2D eigenvalue weighted by Crippen LogP contribution is -2.11. The molecule has 12 heteroatoms. The Hall–Kier alpha value is -2.79. The van der Waals surface area contributed by atoms with Crippen LogP contribution in [0, 0.1) is 5.53 Å². The Morgan fingerprint density at radius 2 is 1.64 bits per heavy atom. The molecule has 0 aliphatic heterocycles. The van der Waals surface area contributed by atoms with Gasteiger partial charge in [-0.3, -0.25) is 9.48 Å². The summed E-state index contributed by atoms with van der Waals surface area (Å²) in [7, 11) is 0. The average Bonchev–Trinajstić information content (AvgIpc) is 2.99. The SMILES string of the molecule is N=NC(=O)CCn1cnc(-c2cc(C(F)(F)F)cc(C(F)(F)F)c2)n1. The second kappa shape index (κ2) is 6.61. The average molecular weight is 365 g/mol. The van der Waals surface area contributed by atoms with Crippen molar-refractivity contribution in [1.29, 1.82) is 5.53 Å². The molecule has 1 aromatic carbocycles. The summed E-state index contributed by atoms with van der Waals surface area (Å²) in [6.07, 6.45) is -9.09. The van der Waals surface area contributed by atoms with Crippen LogP contribution in [0.5, 0.6) is 0 Å². The van der Waals surface area contributed by atoms with E-state index in [0.29, 0.717) is 12.1 Å². The fraction of sp³-hybridized carbons (Fsp3) is 0.308. The third-order valence-electron chi connectivity index (χ3n) is 3.06. The number of alkyl halides is 6. The van der Waals surface area contributed by atoms with Crippen molar-refractivity contribution in [3.05, 3.63) is 35.7 Å². The molecule has 6 nitrogen and oxygen atoms in total. The van der Waals surface area contributed by atoms with E-state index in [9.17, 15) is 31.1 Å². The van der Waals surface area contributed by atoms with E-state index in [1.807, 2.05) is 0 Å². The number of rotatable bonds is 4. The Balaban J connectivity index is 2.40. The molecule has 0 unspecified atom stereocenters. The lowest BCUT2D eigenvalue weighted by Gasteiger charge is -2.13. The number of aryl methyl sites for hydroxylation is 1. The molecule has 0 bridgehead atoms. The van der Waals surface area contributed by atoms with Gasteiger partial charge in [0.2, 0.25) is 0 Å². The first-order valence-electron chi connectivity index (χ1n) is 6.60. The van der Waals surface area contributed by atoms with Gasteiger partial charge in [-0.1, -0.05) is 0 Å². The van der Waals surface area contributed by atoms with Crippen LogP contribution in [0.3, 0.4) is 0 Å². The topological polar surface area (TPSA) is 84.0 Å². The number of hydrogen-bond donors (Lipinski definition) is 1. The van der Waals surface area contributed by atoms with Gasteiger partial charge >= 0.3 is 12.4 Å². The summed E-state index contributed by atoms with van der Waals surface area (Å²) in [5.41, 5.74) is 3.08. The van der Waals surface area contributed by atoms with E-state index < -0.39 is 35.0 Å². The van der Waals surface area contributed by atoms with E-state index in [4.69, 9.17) is 5.53 Å². The molecule has 0 saturated carbocycles. The first-order valence-corrected chi connectivity index (χ1v) is 6.60. The molecule has 2 rings (SSSR count). The van der Waals surface area contributed by atoms with Gasteiger partial charge in [0.1, 0.15) is 6.33 Å². The van der Waals surface area contributed by atoms with Crippen LogP contribution in [0.25, 0.3) is 11.4 Å². The predicted octanol–water partition coefficient (Wildman–Crippen LogP) is 3.93. The second-order valence-electron chi connectivity index (χ2n) is 4.88. The van der Waals surface area contributed by atoms with Crippen molar-refractivity contribution in [2.75, 3.05) is 0 Å². The maximum Gasteiger partial charge on any atom is 0.416 e. The van der Waals surface area contributed by atoms with Crippen molar-refractivity contribution >= 4 is 5.91 Å². The number of nitrogens with one attached hydrogen (secondary N) is 1. The van der Waals surface area contributed by atoms with E-state index in [2.05, 4.69) is 15.2 Å². The Morgan fingerprint density at radius 1 is 1.08 bits per heavy atom. The minimum Gasteiger partial charge on any atom is -0.271 e. The zero-order valence-electron chi connectivity index (χ0n) is 12.2. The molecule has 1 heterocycles. The number of halogens is 6. The Bertz CT molecular complexity index is 763. The molecule has 1 aromatic heterocycles. The molecule has 1 N–H and O–H groups in total. The monoisotopic (exact) mass is 365 g/mol. The first kappa shape index (κ1) is 18.5. The maximum atomic E-state index is 12.8. The van der Waals surface area contributed by atoms with Crippen LogP contribution in [0.1, 0.15) is 17.5 Å². The van der Waals surface area contributed by atoms with Crippen molar-refractivity contribution in [3.63, 3.8) is 0 Å². The molecule has 0 spiro atoms. The van der Waals surface area contributed by atoms with E-state index in [1.54, 1.807) is 0 Å². The zero-order chi connectivity index (χ0) is 18.8. The third-order valence-corrected chi connectivity index (χ3v) is 3.06. The van der Waals surface area contributed by atoms with E-state index in [-0.39, 0.29) is 24.9 Å². The molecule has 0 fully saturated rings. The fourth-order valence-corrected chi connectivity index (χ4v) is 1.88. The number of benzene rings is 1. The first-order chi connectivity index (χ1) is 11.5. The third kappa shape index (κ3) is 4.61. The number of aromatic nitrogens is 3. The molecule has 2 aromatic rings. The molecule has 1 amide bonds. The van der Waals surface area contributed by atoms with E-state index >= 15 is 0 Å². The molecule has 0 radical (unpaired) electrons. The number of carbonyl (C=O) groups excluding carboxylic acids is 1. The molecule has 0 saturated heterocycles. The summed E-state index contributed by atoms with van der Waals surface area (Å²) in [6.45, 7) is -0.0701. The van der Waals surface area contributed by atoms with Crippen LogP contribution in [-0.4, -0.2) is 20.7 Å².